The normalized spacial score (nSPS) is 19.4. The van der Waals surface area contributed by atoms with Crippen molar-refractivity contribution in [3.8, 4) is 0 Å². The maximum atomic E-state index is 13.7. The van der Waals surface area contributed by atoms with Crippen LogP contribution in [-0.2, 0) is 9.84 Å². The van der Waals surface area contributed by atoms with Gasteiger partial charge in [-0.25, -0.2) is 8.42 Å². The lowest BCUT2D eigenvalue weighted by atomic mass is 9.86. The van der Waals surface area contributed by atoms with Gasteiger partial charge in [0.2, 0.25) is 0 Å². The van der Waals surface area contributed by atoms with Crippen molar-refractivity contribution in [1.82, 2.24) is 5.32 Å². The molecule has 0 fully saturated rings. The van der Waals surface area contributed by atoms with Gasteiger partial charge in [-0.2, -0.15) is 0 Å². The highest BCUT2D eigenvalue weighted by Gasteiger charge is 2.42. The number of benzene rings is 2. The number of rotatable bonds is 8. The summed E-state index contributed by atoms with van der Waals surface area (Å²) in [5, 5.41) is 3.87. The van der Waals surface area contributed by atoms with Gasteiger partial charge in [0.15, 0.2) is 9.84 Å². The Balaban J connectivity index is 2.24. The van der Waals surface area contributed by atoms with E-state index >= 15 is 0 Å². The van der Waals surface area contributed by atoms with E-state index < -0.39 is 15.4 Å². The van der Waals surface area contributed by atoms with Gasteiger partial charge in [0.25, 0.3) is 0 Å². The summed E-state index contributed by atoms with van der Waals surface area (Å²) in [4.78, 5) is 2.45. The van der Waals surface area contributed by atoms with Gasteiger partial charge >= 0.3 is 0 Å². The Labute approximate surface area is 188 Å². The van der Waals surface area contributed by atoms with Gasteiger partial charge < -0.3 is 10.6 Å². The average molecular weight is 444 g/mol. The number of anilines is 2. The van der Waals surface area contributed by atoms with E-state index in [9.17, 15) is 8.42 Å². The van der Waals surface area contributed by atoms with Crippen LogP contribution in [0.5, 0.6) is 0 Å². The number of nitrogens with one attached hydrogen (secondary N) is 1. The lowest BCUT2D eigenvalue weighted by molar-refractivity contribution is 0.278. The second-order valence-corrected chi connectivity index (χ2v) is 11.1. The molecular weight excluding hydrogens is 406 g/mol. The molecular formula is C25H37N3O2S. The number of sulfone groups is 1. The molecule has 1 heterocycles. The summed E-state index contributed by atoms with van der Waals surface area (Å²) in [7, 11) is 0.497. The Hall–Kier alpha value is -2.05. The second-order valence-electron chi connectivity index (χ2n) is 9.11. The summed E-state index contributed by atoms with van der Waals surface area (Å²) < 4.78 is 27.4. The van der Waals surface area contributed by atoms with Crippen molar-refractivity contribution in [1.29, 1.82) is 0 Å². The Morgan fingerprint density at radius 3 is 2.32 bits per heavy atom. The predicted octanol–water partition coefficient (Wildman–Crippen LogP) is 4.92. The minimum atomic E-state index is -3.45. The standard InChI is InChI=1S/C25H37N3O2S/c1-5-7-14-25(15-8-6-2)18-31(29,30)23-13-12-21(28(3)4)17-22(23)24(27-25)19-10-9-11-20(26)16-19/h9-13,16-17,24,27H,5-8,14-15,18,26H2,1-4H3/t24-/m1/s1. The summed E-state index contributed by atoms with van der Waals surface area (Å²) in [6.07, 6.45) is 5.75. The van der Waals surface area contributed by atoms with Gasteiger partial charge in [-0.3, -0.25) is 5.32 Å². The molecule has 0 unspecified atom stereocenters. The van der Waals surface area contributed by atoms with Crippen LogP contribution in [0.2, 0.25) is 0 Å². The van der Waals surface area contributed by atoms with Gasteiger partial charge in [-0.1, -0.05) is 51.7 Å². The number of nitrogens with zero attached hydrogens (tertiary/aromatic N) is 1. The van der Waals surface area contributed by atoms with E-state index in [0.29, 0.717) is 10.6 Å². The average Bonchev–Trinajstić information content (AvgIpc) is 2.83. The number of hydrogen-bond acceptors (Lipinski definition) is 5. The molecule has 1 atom stereocenters. The molecule has 170 valence electrons. The smallest absolute Gasteiger partial charge is 0.180 e. The summed E-state index contributed by atoms with van der Waals surface area (Å²) in [6.45, 7) is 4.32. The van der Waals surface area contributed by atoms with E-state index in [-0.39, 0.29) is 11.8 Å². The molecule has 1 aliphatic rings. The first-order chi connectivity index (χ1) is 14.7. The first-order valence-corrected chi connectivity index (χ1v) is 13.0. The molecule has 0 spiro atoms. The van der Waals surface area contributed by atoms with Gasteiger partial charge in [-0.05, 0) is 54.3 Å². The third kappa shape index (κ3) is 5.24. The molecule has 0 saturated heterocycles. The van der Waals surface area contributed by atoms with E-state index in [4.69, 9.17) is 5.73 Å². The Morgan fingerprint density at radius 1 is 1.06 bits per heavy atom. The SMILES string of the molecule is CCCCC1(CCCC)CS(=O)(=O)c2ccc(N(C)C)cc2[C@@H](c2cccc(N)c2)N1. The van der Waals surface area contributed by atoms with Crippen LogP contribution in [-0.4, -0.2) is 33.8 Å². The molecule has 5 nitrogen and oxygen atoms in total. The Morgan fingerprint density at radius 2 is 1.74 bits per heavy atom. The van der Waals surface area contributed by atoms with Gasteiger partial charge in [0.1, 0.15) is 0 Å². The Kier molecular flexibility index (Phi) is 7.32. The molecule has 3 N–H and O–H groups in total. The van der Waals surface area contributed by atoms with Gasteiger partial charge in [0.05, 0.1) is 16.7 Å². The monoisotopic (exact) mass is 443 g/mol. The largest absolute Gasteiger partial charge is 0.399 e. The van der Waals surface area contributed by atoms with Gasteiger partial charge in [0, 0.05) is 31.0 Å². The van der Waals surface area contributed by atoms with Crippen LogP contribution >= 0.6 is 0 Å². The summed E-state index contributed by atoms with van der Waals surface area (Å²) >= 11 is 0. The first-order valence-electron chi connectivity index (χ1n) is 11.4. The van der Waals surface area contributed by atoms with Crippen LogP contribution < -0.4 is 16.0 Å². The van der Waals surface area contributed by atoms with Crippen LogP contribution in [0.15, 0.2) is 47.4 Å². The molecule has 0 aliphatic carbocycles. The fourth-order valence-electron chi connectivity index (χ4n) is 4.64. The molecule has 6 heteroatoms. The zero-order valence-corrected chi connectivity index (χ0v) is 20.1. The molecule has 2 aromatic rings. The molecule has 31 heavy (non-hydrogen) atoms. The van der Waals surface area contributed by atoms with Crippen LogP contribution in [0.1, 0.15) is 69.5 Å². The van der Waals surface area contributed by atoms with Crippen LogP contribution in [0.3, 0.4) is 0 Å². The lowest BCUT2D eigenvalue weighted by Crippen LogP contribution is -2.50. The lowest BCUT2D eigenvalue weighted by Gasteiger charge is -2.37. The Bertz CT molecular complexity index is 994. The van der Waals surface area contributed by atoms with Crippen molar-refractivity contribution in [2.45, 2.75) is 68.8 Å². The zero-order valence-electron chi connectivity index (χ0n) is 19.3. The van der Waals surface area contributed by atoms with Crippen LogP contribution in [0.25, 0.3) is 0 Å². The van der Waals surface area contributed by atoms with E-state index in [2.05, 4.69) is 19.2 Å². The number of nitrogen functional groups attached to an aromatic ring is 1. The third-order valence-electron chi connectivity index (χ3n) is 6.33. The summed E-state index contributed by atoms with van der Waals surface area (Å²) in [5.41, 5.74) is 9.16. The van der Waals surface area contributed by atoms with Crippen LogP contribution in [0, 0.1) is 0 Å². The van der Waals surface area contributed by atoms with E-state index in [1.165, 1.54) is 0 Å². The maximum Gasteiger partial charge on any atom is 0.180 e. The second kappa shape index (κ2) is 9.61. The number of unbranched alkanes of at least 4 members (excludes halogenated alkanes) is 2. The van der Waals surface area contributed by atoms with E-state index in [1.54, 1.807) is 6.07 Å². The van der Waals surface area contributed by atoms with Crippen molar-refractivity contribution < 1.29 is 8.42 Å². The van der Waals surface area contributed by atoms with Gasteiger partial charge in [-0.15, -0.1) is 0 Å². The molecule has 1 aliphatic heterocycles. The summed E-state index contributed by atoms with van der Waals surface area (Å²) in [5.74, 6) is 0.132. The first kappa shape index (κ1) is 23.6. The number of fused-ring (bicyclic) bond motifs is 1. The quantitative estimate of drug-likeness (QED) is 0.566. The molecule has 3 rings (SSSR count). The van der Waals surface area contributed by atoms with Crippen molar-refractivity contribution in [2.24, 2.45) is 0 Å². The van der Waals surface area contributed by atoms with Crippen LogP contribution in [0.4, 0.5) is 11.4 Å². The molecule has 0 aromatic heterocycles. The molecule has 0 amide bonds. The van der Waals surface area contributed by atoms with E-state index in [0.717, 1.165) is 55.3 Å². The van der Waals surface area contributed by atoms with Crippen molar-refractivity contribution in [2.75, 3.05) is 30.5 Å². The predicted molar refractivity (Wildman–Crippen MR) is 130 cm³/mol. The summed E-state index contributed by atoms with van der Waals surface area (Å²) in [6, 6.07) is 13.3. The van der Waals surface area contributed by atoms with Crippen molar-refractivity contribution >= 4 is 21.2 Å². The highest BCUT2D eigenvalue weighted by atomic mass is 32.2. The fraction of sp³-hybridized carbons (Fsp3) is 0.520. The molecule has 2 aromatic carbocycles. The van der Waals surface area contributed by atoms with Crippen molar-refractivity contribution in [3.63, 3.8) is 0 Å². The molecule has 0 radical (unpaired) electrons. The highest BCUT2D eigenvalue weighted by molar-refractivity contribution is 7.91. The minimum Gasteiger partial charge on any atom is -0.399 e. The minimum absolute atomic E-state index is 0.132. The third-order valence-corrected chi connectivity index (χ3v) is 8.31. The highest BCUT2D eigenvalue weighted by Crippen LogP contribution is 2.40. The number of hydrogen-bond donors (Lipinski definition) is 2. The number of nitrogens with two attached hydrogens (primary N) is 1. The molecule has 0 saturated carbocycles. The molecule has 0 bridgehead atoms. The fourth-order valence-corrected chi connectivity index (χ4v) is 6.70. The zero-order chi connectivity index (χ0) is 22.6. The van der Waals surface area contributed by atoms with Crippen molar-refractivity contribution in [3.05, 3.63) is 53.6 Å². The maximum absolute atomic E-state index is 13.7. The topological polar surface area (TPSA) is 75.4 Å². The van der Waals surface area contributed by atoms with E-state index in [1.807, 2.05) is 55.4 Å².